The maximum Gasteiger partial charge on any atom is 0.327 e. The fourth-order valence-corrected chi connectivity index (χ4v) is 4.19. The van der Waals surface area contributed by atoms with Crippen LogP contribution in [0.5, 0.6) is 5.75 Å². The molecule has 162 valence electrons. The molecule has 3 rings (SSSR count). The van der Waals surface area contributed by atoms with Gasteiger partial charge in [-0.1, -0.05) is 36.4 Å². The van der Waals surface area contributed by atoms with Crippen LogP contribution in [0.25, 0.3) is 11.1 Å². The van der Waals surface area contributed by atoms with Crippen LogP contribution in [0.1, 0.15) is 23.5 Å². The lowest BCUT2D eigenvalue weighted by Crippen LogP contribution is -2.56. The summed E-state index contributed by atoms with van der Waals surface area (Å²) in [5.41, 5.74) is 14.4. The molecule has 0 bridgehead atoms. The number of carbonyl (C=O) groups is 2. The van der Waals surface area contributed by atoms with Gasteiger partial charge in [-0.05, 0) is 43.8 Å². The standard InChI is InChI=1S/C23H29N3O3.ClH/c1-15-11-17(16-7-5-4-6-8-16)12-19-21(15)18(13-24)23(14-25,22(28)29-19)20(27)9-10-26(2)3;/h4-8,11-12,18H,9-10,13-14,24-25H2,1-3H3;1H. The van der Waals surface area contributed by atoms with Crippen LogP contribution in [0.15, 0.2) is 42.5 Å². The molecular formula is C23H30ClN3O3. The molecule has 2 atom stereocenters. The number of carbonyl (C=O) groups excluding carboxylic acids is 2. The quantitative estimate of drug-likeness (QED) is 0.397. The summed E-state index contributed by atoms with van der Waals surface area (Å²) in [5.74, 6) is -0.861. The van der Waals surface area contributed by atoms with Crippen molar-refractivity contribution < 1.29 is 14.3 Å². The van der Waals surface area contributed by atoms with Crippen molar-refractivity contribution in [2.75, 3.05) is 33.7 Å². The number of hydrogen-bond acceptors (Lipinski definition) is 6. The maximum absolute atomic E-state index is 13.2. The van der Waals surface area contributed by atoms with Crippen LogP contribution in [0.2, 0.25) is 0 Å². The molecule has 1 aliphatic heterocycles. The van der Waals surface area contributed by atoms with E-state index in [2.05, 4.69) is 0 Å². The SMILES string of the molecule is Cc1cc(-c2ccccc2)cc2c1C(CN)C(CN)(C(=O)CCN(C)C)C(=O)O2.Cl. The van der Waals surface area contributed by atoms with Crippen molar-refractivity contribution in [3.8, 4) is 16.9 Å². The number of ketones is 1. The Morgan fingerprint density at radius 3 is 2.37 bits per heavy atom. The average molecular weight is 432 g/mol. The summed E-state index contributed by atoms with van der Waals surface area (Å²) in [4.78, 5) is 28.2. The summed E-state index contributed by atoms with van der Waals surface area (Å²) in [7, 11) is 3.76. The van der Waals surface area contributed by atoms with Gasteiger partial charge in [-0.25, -0.2) is 0 Å². The number of ether oxygens (including phenoxy) is 1. The van der Waals surface area contributed by atoms with Crippen LogP contribution in [-0.2, 0) is 9.59 Å². The largest absolute Gasteiger partial charge is 0.425 e. The number of halogens is 1. The van der Waals surface area contributed by atoms with E-state index in [1.54, 1.807) is 0 Å². The normalized spacial score (nSPS) is 20.3. The fraction of sp³-hybridized carbons (Fsp3) is 0.391. The summed E-state index contributed by atoms with van der Waals surface area (Å²) in [6.45, 7) is 2.50. The number of Topliss-reactive ketones (excluding diaryl/α,β-unsaturated/α-hetero) is 1. The summed E-state index contributed by atoms with van der Waals surface area (Å²) >= 11 is 0. The highest BCUT2D eigenvalue weighted by Crippen LogP contribution is 2.48. The van der Waals surface area contributed by atoms with Gasteiger partial charge in [0, 0.05) is 37.5 Å². The Morgan fingerprint density at radius 2 is 1.80 bits per heavy atom. The molecule has 0 radical (unpaired) electrons. The number of esters is 1. The van der Waals surface area contributed by atoms with Crippen molar-refractivity contribution in [2.45, 2.75) is 19.3 Å². The first kappa shape index (κ1) is 24.0. The molecule has 2 aromatic carbocycles. The Labute approximate surface area is 184 Å². The number of rotatable bonds is 7. The van der Waals surface area contributed by atoms with E-state index < -0.39 is 17.3 Å². The van der Waals surface area contributed by atoms with Gasteiger partial charge < -0.3 is 21.1 Å². The molecule has 7 heteroatoms. The molecule has 1 heterocycles. The summed E-state index contributed by atoms with van der Waals surface area (Å²) in [5, 5.41) is 0. The second kappa shape index (κ2) is 9.71. The van der Waals surface area contributed by atoms with Crippen molar-refractivity contribution in [3.63, 3.8) is 0 Å². The number of nitrogens with two attached hydrogens (primary N) is 2. The van der Waals surface area contributed by atoms with E-state index in [1.807, 2.05) is 68.4 Å². The first-order chi connectivity index (χ1) is 13.8. The van der Waals surface area contributed by atoms with Gasteiger partial charge in [-0.3, -0.25) is 9.59 Å². The number of hydrogen-bond donors (Lipinski definition) is 2. The molecule has 4 N–H and O–H groups in total. The van der Waals surface area contributed by atoms with Gasteiger partial charge in [-0.2, -0.15) is 0 Å². The van der Waals surface area contributed by atoms with Gasteiger partial charge in [0.15, 0.2) is 5.78 Å². The highest BCUT2D eigenvalue weighted by atomic mass is 35.5. The predicted molar refractivity (Wildman–Crippen MR) is 121 cm³/mol. The zero-order valence-corrected chi connectivity index (χ0v) is 18.5. The van der Waals surface area contributed by atoms with Gasteiger partial charge in [0.2, 0.25) is 0 Å². The van der Waals surface area contributed by atoms with Crippen molar-refractivity contribution in [1.29, 1.82) is 0 Å². The molecule has 0 saturated heterocycles. The van der Waals surface area contributed by atoms with E-state index in [4.69, 9.17) is 16.2 Å². The Morgan fingerprint density at radius 1 is 1.13 bits per heavy atom. The lowest BCUT2D eigenvalue weighted by molar-refractivity contribution is -0.155. The Kier molecular flexibility index (Phi) is 7.77. The van der Waals surface area contributed by atoms with Crippen molar-refractivity contribution >= 4 is 24.2 Å². The van der Waals surface area contributed by atoms with Crippen LogP contribution >= 0.6 is 12.4 Å². The van der Waals surface area contributed by atoms with Gasteiger partial charge in [0.25, 0.3) is 0 Å². The lowest BCUT2D eigenvalue weighted by Gasteiger charge is -2.41. The van der Waals surface area contributed by atoms with E-state index in [0.717, 1.165) is 22.3 Å². The number of benzene rings is 2. The third kappa shape index (κ3) is 4.14. The second-order valence-electron chi connectivity index (χ2n) is 7.90. The first-order valence-corrected chi connectivity index (χ1v) is 9.85. The van der Waals surface area contributed by atoms with E-state index in [0.29, 0.717) is 12.3 Å². The molecular weight excluding hydrogens is 402 g/mol. The molecule has 30 heavy (non-hydrogen) atoms. The van der Waals surface area contributed by atoms with Gasteiger partial charge >= 0.3 is 5.97 Å². The van der Waals surface area contributed by atoms with Crippen molar-refractivity contribution in [1.82, 2.24) is 4.90 Å². The minimum absolute atomic E-state index is 0. The molecule has 2 aromatic rings. The van der Waals surface area contributed by atoms with E-state index >= 15 is 0 Å². The molecule has 0 saturated carbocycles. The molecule has 2 unspecified atom stereocenters. The summed E-state index contributed by atoms with van der Waals surface area (Å²) in [6, 6.07) is 13.8. The minimum atomic E-state index is -1.45. The van der Waals surface area contributed by atoms with E-state index in [9.17, 15) is 9.59 Å². The van der Waals surface area contributed by atoms with Crippen molar-refractivity contribution in [3.05, 3.63) is 53.6 Å². The Hall–Kier alpha value is -2.25. The maximum atomic E-state index is 13.2. The van der Waals surface area contributed by atoms with Crippen LogP contribution in [0.3, 0.4) is 0 Å². The van der Waals surface area contributed by atoms with Crippen LogP contribution < -0.4 is 16.2 Å². The molecule has 0 amide bonds. The lowest BCUT2D eigenvalue weighted by atomic mass is 9.65. The molecule has 0 aliphatic carbocycles. The molecule has 0 aromatic heterocycles. The Bertz CT molecular complexity index is 917. The number of aryl methyl sites for hydroxylation is 1. The highest BCUT2D eigenvalue weighted by Gasteiger charge is 2.55. The third-order valence-electron chi connectivity index (χ3n) is 5.81. The number of fused-ring (bicyclic) bond motifs is 1. The highest BCUT2D eigenvalue weighted by molar-refractivity contribution is 6.07. The minimum Gasteiger partial charge on any atom is -0.425 e. The predicted octanol–water partition coefficient (Wildman–Crippen LogP) is 2.51. The van der Waals surface area contributed by atoms with Crippen molar-refractivity contribution in [2.24, 2.45) is 16.9 Å². The molecule has 1 aliphatic rings. The molecule has 0 spiro atoms. The monoisotopic (exact) mass is 431 g/mol. The molecule has 6 nitrogen and oxygen atoms in total. The molecule has 0 fully saturated rings. The topological polar surface area (TPSA) is 98.6 Å². The van der Waals surface area contributed by atoms with Gasteiger partial charge in [0.05, 0.1) is 0 Å². The average Bonchev–Trinajstić information content (AvgIpc) is 2.71. The second-order valence-corrected chi connectivity index (χ2v) is 7.90. The zero-order valence-electron chi connectivity index (χ0n) is 17.7. The van der Waals surface area contributed by atoms with E-state index in [1.165, 1.54) is 0 Å². The fourth-order valence-electron chi connectivity index (χ4n) is 4.19. The Balaban J connectivity index is 0.00000320. The van der Waals surface area contributed by atoms with Gasteiger partial charge in [0.1, 0.15) is 11.2 Å². The first-order valence-electron chi connectivity index (χ1n) is 9.85. The summed E-state index contributed by atoms with van der Waals surface area (Å²) < 4.78 is 5.73. The number of nitrogens with zero attached hydrogens (tertiary/aromatic N) is 1. The summed E-state index contributed by atoms with van der Waals surface area (Å²) in [6.07, 6.45) is 0.215. The third-order valence-corrected chi connectivity index (χ3v) is 5.81. The smallest absolute Gasteiger partial charge is 0.327 e. The van der Waals surface area contributed by atoms with Crippen LogP contribution in [0.4, 0.5) is 0 Å². The van der Waals surface area contributed by atoms with Crippen LogP contribution in [-0.4, -0.2) is 50.4 Å². The van der Waals surface area contributed by atoms with Gasteiger partial charge in [-0.15, -0.1) is 12.4 Å². The van der Waals surface area contributed by atoms with E-state index in [-0.39, 0.29) is 37.7 Å². The zero-order chi connectivity index (χ0) is 21.2. The van der Waals surface area contributed by atoms with Crippen LogP contribution in [0, 0.1) is 12.3 Å².